The fourth-order valence-corrected chi connectivity index (χ4v) is 0. The van der Waals surface area contributed by atoms with Crippen molar-refractivity contribution in [2.45, 2.75) is 0 Å². The monoisotopic (exact) mass is 126 g/mol. The Bertz CT molecular complexity index is 17.1. The van der Waals surface area contributed by atoms with E-state index in [2.05, 4.69) is 0 Å². The molecule has 0 aromatic carbocycles. The molecule has 0 rings (SSSR count). The zero-order valence-electron chi connectivity index (χ0n) is 2.70. The molecule has 0 fully saturated rings. The molecule has 0 aliphatic heterocycles. The number of hydrogen-bond donors (Lipinski definition) is 1. The predicted molar refractivity (Wildman–Crippen MR) is 12.0 cm³/mol. The van der Waals surface area contributed by atoms with Crippen LogP contribution in [0.3, 0.4) is 0 Å². The van der Waals surface area contributed by atoms with Crippen molar-refractivity contribution in [2.24, 2.45) is 0 Å². The Labute approximate surface area is 40.4 Å². The molecular weight excluding hydrogens is 122 g/mol. The van der Waals surface area contributed by atoms with E-state index in [1.807, 2.05) is 0 Å². The predicted octanol–water partition coefficient (Wildman–Crippen LogP) is -1.26. The van der Waals surface area contributed by atoms with Crippen molar-refractivity contribution in [2.75, 3.05) is 0 Å². The average Bonchev–Trinajstić information content (AvgIpc) is 0.918. The van der Waals surface area contributed by atoms with Crippen LogP contribution < -0.4 is 11.3 Å². The largest absolute Gasteiger partial charge is 2.00 e. The third-order valence-electron chi connectivity index (χ3n) is 0. The molecule has 0 aliphatic rings. The van der Waals surface area contributed by atoms with Crippen molar-refractivity contribution in [3.8, 4) is 0 Å². The zero-order valence-corrected chi connectivity index (χ0v) is 3.64. The Morgan fingerprint density at radius 1 is 1.60 bits per heavy atom. The third-order valence-corrected chi connectivity index (χ3v) is 0. The SMILES string of the molecule is O=C[O-].[Cu+2].[NH4+]. The van der Waals surface area contributed by atoms with Crippen LogP contribution in [-0.2, 0) is 21.9 Å². The second kappa shape index (κ2) is 38.1. The Morgan fingerprint density at radius 2 is 1.60 bits per heavy atom. The summed E-state index contributed by atoms with van der Waals surface area (Å²) in [6.45, 7) is -0.500. The van der Waals surface area contributed by atoms with E-state index in [-0.39, 0.29) is 23.2 Å². The van der Waals surface area contributed by atoms with Crippen LogP contribution in [0.15, 0.2) is 0 Å². The Kier molecular flexibility index (Phi) is 155. The molecule has 1 radical (unpaired) electrons. The first-order valence-electron chi connectivity index (χ1n) is 0.471. The van der Waals surface area contributed by atoms with E-state index in [0.29, 0.717) is 0 Å². The number of carbonyl (C=O) groups is 1. The van der Waals surface area contributed by atoms with Gasteiger partial charge in [0.25, 0.3) is 0 Å². The van der Waals surface area contributed by atoms with Crippen molar-refractivity contribution in [3.05, 3.63) is 0 Å². The summed E-state index contributed by atoms with van der Waals surface area (Å²) in [7, 11) is 0. The molecule has 4 N–H and O–H groups in total. The van der Waals surface area contributed by atoms with E-state index >= 15 is 0 Å². The normalized spacial score (nSPS) is 2.40. The van der Waals surface area contributed by atoms with E-state index in [1.165, 1.54) is 0 Å². The van der Waals surface area contributed by atoms with Gasteiger partial charge in [-0.05, 0) is 0 Å². The first-order chi connectivity index (χ1) is 1.41. The van der Waals surface area contributed by atoms with Crippen molar-refractivity contribution >= 4 is 6.47 Å². The van der Waals surface area contributed by atoms with Crippen LogP contribution in [0.25, 0.3) is 0 Å². The van der Waals surface area contributed by atoms with Gasteiger partial charge in [0.1, 0.15) is 0 Å². The number of quaternary nitrogens is 1. The summed E-state index contributed by atoms with van der Waals surface area (Å²) >= 11 is 0. The van der Waals surface area contributed by atoms with Crippen molar-refractivity contribution in [1.29, 1.82) is 0 Å². The molecular formula is CH5CuNO2+2. The maximum atomic E-state index is 8.25. The van der Waals surface area contributed by atoms with Gasteiger partial charge < -0.3 is 16.1 Å². The van der Waals surface area contributed by atoms with Crippen LogP contribution in [0.5, 0.6) is 0 Å². The maximum absolute atomic E-state index is 8.25. The fourth-order valence-electron chi connectivity index (χ4n) is 0. The number of rotatable bonds is 0. The van der Waals surface area contributed by atoms with E-state index in [9.17, 15) is 0 Å². The Balaban J connectivity index is -0.0000000200. The van der Waals surface area contributed by atoms with Gasteiger partial charge in [0.15, 0.2) is 0 Å². The first-order valence-corrected chi connectivity index (χ1v) is 0.471. The van der Waals surface area contributed by atoms with E-state index in [4.69, 9.17) is 9.90 Å². The summed E-state index contributed by atoms with van der Waals surface area (Å²) in [5, 5.41) is 8.25. The second-order valence-electron chi connectivity index (χ2n) is 0.0962. The second-order valence-corrected chi connectivity index (χ2v) is 0.0962. The van der Waals surface area contributed by atoms with Gasteiger partial charge in [0.2, 0.25) is 0 Å². The van der Waals surface area contributed by atoms with Gasteiger partial charge in [-0.2, -0.15) is 0 Å². The molecule has 0 aromatic rings. The smallest absolute Gasteiger partial charge is 0.554 e. The Morgan fingerprint density at radius 3 is 1.60 bits per heavy atom. The molecule has 0 unspecified atom stereocenters. The standard InChI is InChI=1S/CH2O2.Cu.H3N/c2-1-3;;/h1H,(H,2,3);;1H3/q;+2;. The summed E-state index contributed by atoms with van der Waals surface area (Å²) < 4.78 is 0. The van der Waals surface area contributed by atoms with Crippen LogP contribution in [0, 0.1) is 0 Å². The molecule has 35 valence electrons. The van der Waals surface area contributed by atoms with Crippen LogP contribution >= 0.6 is 0 Å². The molecule has 0 saturated heterocycles. The number of carbonyl (C=O) groups excluding carboxylic acids is 1. The van der Waals surface area contributed by atoms with E-state index in [1.54, 1.807) is 0 Å². The zero-order chi connectivity index (χ0) is 2.71. The molecule has 0 aliphatic carbocycles. The topological polar surface area (TPSA) is 76.6 Å². The van der Waals surface area contributed by atoms with Crippen LogP contribution in [0.4, 0.5) is 0 Å². The molecule has 0 atom stereocenters. The maximum Gasteiger partial charge on any atom is 2.00 e. The average molecular weight is 127 g/mol. The van der Waals surface area contributed by atoms with Gasteiger partial charge in [-0.3, -0.25) is 0 Å². The summed E-state index contributed by atoms with van der Waals surface area (Å²) in [4.78, 5) is 8.25. The molecule has 0 spiro atoms. The van der Waals surface area contributed by atoms with E-state index in [0.717, 1.165) is 0 Å². The van der Waals surface area contributed by atoms with Gasteiger partial charge in [-0.15, -0.1) is 0 Å². The summed E-state index contributed by atoms with van der Waals surface area (Å²) in [5.74, 6) is 0. The van der Waals surface area contributed by atoms with E-state index < -0.39 is 6.47 Å². The molecule has 3 nitrogen and oxygen atoms in total. The van der Waals surface area contributed by atoms with Gasteiger partial charge in [0.05, 0.1) is 0 Å². The minimum Gasteiger partial charge on any atom is -0.554 e. The minimum atomic E-state index is -0.500. The molecule has 0 bridgehead atoms. The van der Waals surface area contributed by atoms with Gasteiger partial charge in [0, 0.05) is 6.47 Å². The first kappa shape index (κ1) is 20.3. The molecule has 0 aromatic heterocycles. The third kappa shape index (κ3) is 5880. The number of hydrogen-bond acceptors (Lipinski definition) is 2. The molecule has 5 heavy (non-hydrogen) atoms. The van der Waals surface area contributed by atoms with Crippen LogP contribution in [0.1, 0.15) is 0 Å². The van der Waals surface area contributed by atoms with Crippen molar-refractivity contribution in [1.82, 2.24) is 6.15 Å². The Hall–Kier alpha value is -0.0505. The molecule has 0 amide bonds. The summed E-state index contributed by atoms with van der Waals surface area (Å²) in [6.07, 6.45) is 0. The molecule has 0 heterocycles. The molecule has 4 heteroatoms. The number of carboxylic acid groups (broad SMARTS) is 1. The van der Waals surface area contributed by atoms with Crippen molar-refractivity contribution in [3.63, 3.8) is 0 Å². The van der Waals surface area contributed by atoms with Crippen molar-refractivity contribution < 1.29 is 27.0 Å². The van der Waals surface area contributed by atoms with Gasteiger partial charge in [-0.25, -0.2) is 0 Å². The quantitative estimate of drug-likeness (QED) is 0.325. The van der Waals surface area contributed by atoms with Gasteiger partial charge in [-0.1, -0.05) is 0 Å². The van der Waals surface area contributed by atoms with Crippen LogP contribution in [0.2, 0.25) is 0 Å². The minimum absolute atomic E-state index is 0. The summed E-state index contributed by atoms with van der Waals surface area (Å²) in [5.41, 5.74) is 0. The van der Waals surface area contributed by atoms with Gasteiger partial charge >= 0.3 is 17.1 Å². The van der Waals surface area contributed by atoms with Crippen LogP contribution in [-0.4, -0.2) is 6.47 Å². The molecule has 0 saturated carbocycles. The summed E-state index contributed by atoms with van der Waals surface area (Å²) in [6, 6.07) is 0. The fraction of sp³-hybridized carbons (Fsp3) is 0.